The van der Waals surface area contributed by atoms with Crippen molar-refractivity contribution in [1.29, 1.82) is 0 Å². The van der Waals surface area contributed by atoms with Crippen LogP contribution in [0.4, 0.5) is 0 Å². The first-order valence-corrected chi connectivity index (χ1v) is 9.70. The number of aromatic nitrogens is 1. The van der Waals surface area contributed by atoms with E-state index in [2.05, 4.69) is 6.92 Å². The minimum atomic E-state index is -0.370. The van der Waals surface area contributed by atoms with Crippen LogP contribution in [0.5, 0.6) is 5.75 Å². The lowest BCUT2D eigenvalue weighted by molar-refractivity contribution is 0.0735. The lowest BCUT2D eigenvalue weighted by atomic mass is 10.0. The van der Waals surface area contributed by atoms with Gasteiger partial charge < -0.3 is 4.74 Å². The normalized spacial score (nSPS) is 10.9. The first kappa shape index (κ1) is 18.9. The van der Waals surface area contributed by atoms with E-state index >= 15 is 0 Å². The van der Waals surface area contributed by atoms with Crippen LogP contribution in [-0.2, 0) is 0 Å². The van der Waals surface area contributed by atoms with E-state index in [-0.39, 0.29) is 5.97 Å². The molecule has 4 rings (SSSR count). The van der Waals surface area contributed by atoms with Gasteiger partial charge in [0, 0.05) is 10.9 Å². The highest BCUT2D eigenvalue weighted by Gasteiger charge is 2.18. The summed E-state index contributed by atoms with van der Waals surface area (Å²) in [7, 11) is 0. The SMILES string of the molecule is Cc1ccc(-c2cc(C(=O)Oc3cccc(C)c3C)c3cccc(C)c3n2)cc1. The van der Waals surface area contributed by atoms with E-state index < -0.39 is 0 Å². The van der Waals surface area contributed by atoms with Crippen molar-refractivity contribution >= 4 is 16.9 Å². The van der Waals surface area contributed by atoms with Gasteiger partial charge in [-0.05, 0) is 56.5 Å². The molecule has 3 nitrogen and oxygen atoms in total. The highest BCUT2D eigenvalue weighted by atomic mass is 16.5. The number of esters is 1. The van der Waals surface area contributed by atoms with Crippen LogP contribution in [0, 0.1) is 27.7 Å². The van der Waals surface area contributed by atoms with Crippen LogP contribution in [0.25, 0.3) is 22.2 Å². The smallest absolute Gasteiger partial charge is 0.344 e. The van der Waals surface area contributed by atoms with Crippen LogP contribution in [0.15, 0.2) is 66.7 Å². The van der Waals surface area contributed by atoms with Crippen LogP contribution in [0.3, 0.4) is 0 Å². The number of hydrogen-bond acceptors (Lipinski definition) is 3. The minimum absolute atomic E-state index is 0.370. The maximum Gasteiger partial charge on any atom is 0.344 e. The summed E-state index contributed by atoms with van der Waals surface area (Å²) in [5, 5.41) is 0.802. The van der Waals surface area contributed by atoms with E-state index in [1.54, 1.807) is 0 Å². The van der Waals surface area contributed by atoms with Gasteiger partial charge in [0.2, 0.25) is 0 Å². The van der Waals surface area contributed by atoms with Gasteiger partial charge in [0.1, 0.15) is 5.75 Å². The molecular weight excluding hydrogens is 358 g/mol. The Bertz CT molecular complexity index is 1220. The molecule has 4 aromatic rings. The van der Waals surface area contributed by atoms with Crippen molar-refractivity contribution in [3.63, 3.8) is 0 Å². The summed E-state index contributed by atoms with van der Waals surface area (Å²) >= 11 is 0. The molecule has 3 aromatic carbocycles. The second-order valence-electron chi connectivity index (χ2n) is 7.48. The number of hydrogen-bond donors (Lipinski definition) is 0. The molecule has 0 N–H and O–H groups in total. The van der Waals surface area contributed by atoms with E-state index in [0.717, 1.165) is 38.9 Å². The molecule has 1 heterocycles. The fraction of sp³-hybridized carbons (Fsp3) is 0.154. The van der Waals surface area contributed by atoms with Crippen molar-refractivity contribution in [2.45, 2.75) is 27.7 Å². The molecule has 0 aliphatic rings. The fourth-order valence-electron chi connectivity index (χ4n) is 3.42. The van der Waals surface area contributed by atoms with Crippen molar-refractivity contribution in [2.24, 2.45) is 0 Å². The number of rotatable bonds is 3. The van der Waals surface area contributed by atoms with Gasteiger partial charge in [0.25, 0.3) is 0 Å². The van der Waals surface area contributed by atoms with Crippen molar-refractivity contribution in [2.75, 3.05) is 0 Å². The van der Waals surface area contributed by atoms with Gasteiger partial charge in [-0.15, -0.1) is 0 Å². The Morgan fingerprint density at radius 2 is 1.52 bits per heavy atom. The third-order valence-corrected chi connectivity index (χ3v) is 5.37. The molecule has 0 saturated carbocycles. The molecule has 0 saturated heterocycles. The lowest BCUT2D eigenvalue weighted by Gasteiger charge is -2.13. The highest BCUT2D eigenvalue weighted by Crippen LogP contribution is 2.29. The number of pyridine rings is 1. The van der Waals surface area contributed by atoms with Crippen molar-refractivity contribution in [3.05, 3.63) is 94.5 Å². The van der Waals surface area contributed by atoms with Crippen LogP contribution < -0.4 is 4.74 Å². The zero-order chi connectivity index (χ0) is 20.5. The van der Waals surface area contributed by atoms with Crippen LogP contribution in [0.1, 0.15) is 32.6 Å². The summed E-state index contributed by atoms with van der Waals surface area (Å²) in [6.07, 6.45) is 0. The molecule has 0 atom stereocenters. The molecule has 0 amide bonds. The predicted molar refractivity (Wildman–Crippen MR) is 118 cm³/mol. The quantitative estimate of drug-likeness (QED) is 0.306. The van der Waals surface area contributed by atoms with Gasteiger partial charge in [-0.25, -0.2) is 9.78 Å². The Labute approximate surface area is 171 Å². The molecule has 0 radical (unpaired) electrons. The van der Waals surface area contributed by atoms with Crippen LogP contribution in [0.2, 0.25) is 0 Å². The van der Waals surface area contributed by atoms with Crippen LogP contribution >= 0.6 is 0 Å². The molecular formula is C26H23NO2. The average molecular weight is 381 g/mol. The number of carbonyl (C=O) groups excluding carboxylic acids is 1. The Kier molecular flexibility index (Phi) is 4.89. The summed E-state index contributed by atoms with van der Waals surface area (Å²) in [4.78, 5) is 18.0. The van der Waals surface area contributed by atoms with Gasteiger partial charge in [-0.1, -0.05) is 60.2 Å². The number of benzene rings is 3. The van der Waals surface area contributed by atoms with Gasteiger partial charge in [0.05, 0.1) is 16.8 Å². The first-order chi connectivity index (χ1) is 13.9. The standard InChI is InChI=1S/C26H23NO2/c1-16-11-13-20(14-12-16)23-15-22(21-9-5-8-18(3)25(21)27-23)26(28)29-24-10-6-7-17(2)19(24)4/h5-15H,1-4H3. The molecule has 1 aromatic heterocycles. The summed E-state index contributed by atoms with van der Waals surface area (Å²) in [6, 6.07) is 21.6. The van der Waals surface area contributed by atoms with E-state index in [0.29, 0.717) is 11.3 Å². The molecule has 0 unspecified atom stereocenters. The number of nitrogens with zero attached hydrogens (tertiary/aromatic N) is 1. The maximum absolute atomic E-state index is 13.2. The van der Waals surface area contributed by atoms with Crippen molar-refractivity contribution in [1.82, 2.24) is 4.98 Å². The van der Waals surface area contributed by atoms with E-state index in [9.17, 15) is 4.79 Å². The summed E-state index contributed by atoms with van der Waals surface area (Å²) < 4.78 is 5.80. The lowest BCUT2D eigenvalue weighted by Crippen LogP contribution is -2.11. The Balaban J connectivity index is 1.86. The summed E-state index contributed by atoms with van der Waals surface area (Å²) in [5.74, 6) is 0.217. The molecule has 0 spiro atoms. The zero-order valence-corrected chi connectivity index (χ0v) is 17.1. The molecule has 0 aliphatic carbocycles. The Morgan fingerprint density at radius 3 is 2.28 bits per heavy atom. The Hall–Kier alpha value is -3.46. The Morgan fingerprint density at radius 1 is 0.828 bits per heavy atom. The fourth-order valence-corrected chi connectivity index (χ4v) is 3.42. The maximum atomic E-state index is 13.2. The molecule has 29 heavy (non-hydrogen) atoms. The molecule has 0 aliphatic heterocycles. The van der Waals surface area contributed by atoms with E-state index in [1.165, 1.54) is 5.56 Å². The number of fused-ring (bicyclic) bond motifs is 1. The third-order valence-electron chi connectivity index (χ3n) is 5.37. The average Bonchev–Trinajstić information content (AvgIpc) is 2.71. The van der Waals surface area contributed by atoms with Gasteiger partial charge >= 0.3 is 5.97 Å². The van der Waals surface area contributed by atoms with Gasteiger partial charge in [-0.2, -0.15) is 0 Å². The molecule has 0 bridgehead atoms. The summed E-state index contributed by atoms with van der Waals surface area (Å²) in [5.41, 5.74) is 7.34. The second-order valence-corrected chi connectivity index (χ2v) is 7.48. The van der Waals surface area contributed by atoms with Crippen LogP contribution in [-0.4, -0.2) is 11.0 Å². The monoisotopic (exact) mass is 381 g/mol. The van der Waals surface area contributed by atoms with E-state index in [1.807, 2.05) is 87.5 Å². The second kappa shape index (κ2) is 7.51. The molecule has 0 fully saturated rings. The van der Waals surface area contributed by atoms with Crippen molar-refractivity contribution < 1.29 is 9.53 Å². The zero-order valence-electron chi connectivity index (χ0n) is 17.1. The number of para-hydroxylation sites is 1. The van der Waals surface area contributed by atoms with Crippen molar-refractivity contribution in [3.8, 4) is 17.0 Å². The van der Waals surface area contributed by atoms with Gasteiger partial charge in [0.15, 0.2) is 0 Å². The number of carbonyl (C=O) groups is 1. The molecule has 3 heteroatoms. The first-order valence-electron chi connectivity index (χ1n) is 9.70. The topological polar surface area (TPSA) is 39.2 Å². The molecule has 144 valence electrons. The number of aryl methyl sites for hydroxylation is 3. The number of ether oxygens (including phenoxy) is 1. The predicted octanol–water partition coefficient (Wildman–Crippen LogP) is 6.35. The van der Waals surface area contributed by atoms with Gasteiger partial charge in [-0.3, -0.25) is 0 Å². The highest BCUT2D eigenvalue weighted by molar-refractivity contribution is 6.06. The van der Waals surface area contributed by atoms with E-state index in [4.69, 9.17) is 9.72 Å². The summed E-state index contributed by atoms with van der Waals surface area (Å²) in [6.45, 7) is 8.03. The minimum Gasteiger partial charge on any atom is -0.423 e. The largest absolute Gasteiger partial charge is 0.423 e. The third kappa shape index (κ3) is 3.64.